The summed E-state index contributed by atoms with van der Waals surface area (Å²) in [4.78, 5) is 3.53. The molecule has 1 heterocycles. The molecule has 0 unspecified atom stereocenters. The summed E-state index contributed by atoms with van der Waals surface area (Å²) in [5, 5.41) is 8.50. The molecule has 0 saturated carbocycles. The first-order valence-corrected chi connectivity index (χ1v) is 4.49. The topological polar surface area (TPSA) is 36.7 Å². The fourth-order valence-electron chi connectivity index (χ4n) is 0.883. The fourth-order valence-corrected chi connectivity index (χ4v) is 1.40. The van der Waals surface area contributed by atoms with E-state index >= 15 is 0 Å². The van der Waals surface area contributed by atoms with Crippen molar-refractivity contribution in [2.24, 2.45) is 0 Å². The van der Waals surface area contributed by atoms with Crippen LogP contribution in [0.25, 0.3) is 0 Å². The number of hydrogen-bond acceptors (Lipinski definition) is 2. The van der Waals surface area contributed by atoms with Gasteiger partial charge in [-0.25, -0.2) is 13.8 Å². The number of pyridine rings is 1. The molecule has 0 aliphatic carbocycles. The van der Waals surface area contributed by atoms with Crippen molar-refractivity contribution in [2.45, 2.75) is 13.3 Å². The van der Waals surface area contributed by atoms with E-state index < -0.39 is 6.43 Å². The molecule has 1 aromatic heterocycles. The quantitative estimate of drug-likeness (QED) is 0.747. The van der Waals surface area contributed by atoms with E-state index in [4.69, 9.17) is 5.26 Å². The highest BCUT2D eigenvalue weighted by Gasteiger charge is 2.16. The molecule has 0 aliphatic heterocycles. The van der Waals surface area contributed by atoms with Crippen LogP contribution in [0, 0.1) is 21.8 Å². The largest absolute Gasteiger partial charge is 0.281 e. The first kappa shape index (κ1) is 10.3. The molecular formula is C8H5F2IN2. The zero-order chi connectivity index (χ0) is 10.0. The average Bonchev–Trinajstić information content (AvgIpc) is 2.09. The lowest BCUT2D eigenvalue weighted by atomic mass is 10.2. The van der Waals surface area contributed by atoms with Crippen molar-refractivity contribution >= 4 is 22.6 Å². The smallest absolute Gasteiger partial charge is 0.235 e. The van der Waals surface area contributed by atoms with E-state index in [-0.39, 0.29) is 11.4 Å². The third-order valence-electron chi connectivity index (χ3n) is 1.49. The highest BCUT2D eigenvalue weighted by atomic mass is 127. The van der Waals surface area contributed by atoms with Crippen molar-refractivity contribution in [3.05, 3.63) is 26.6 Å². The van der Waals surface area contributed by atoms with Crippen LogP contribution in [0.4, 0.5) is 8.78 Å². The van der Waals surface area contributed by atoms with Gasteiger partial charge in [0, 0.05) is 3.57 Å². The van der Waals surface area contributed by atoms with Crippen molar-refractivity contribution < 1.29 is 8.78 Å². The van der Waals surface area contributed by atoms with E-state index in [1.165, 1.54) is 6.07 Å². The maximum atomic E-state index is 12.3. The second-order valence-electron chi connectivity index (χ2n) is 2.44. The van der Waals surface area contributed by atoms with Crippen LogP contribution in [0.1, 0.15) is 23.4 Å². The van der Waals surface area contributed by atoms with E-state index in [1.807, 2.05) is 0 Å². The molecule has 0 aliphatic rings. The minimum Gasteiger partial charge on any atom is -0.235 e. The Morgan fingerprint density at radius 3 is 2.69 bits per heavy atom. The minimum atomic E-state index is -2.63. The highest BCUT2D eigenvalue weighted by Crippen LogP contribution is 2.25. The second kappa shape index (κ2) is 3.96. The van der Waals surface area contributed by atoms with E-state index in [0.717, 1.165) is 0 Å². The first-order valence-electron chi connectivity index (χ1n) is 3.41. The molecule has 2 nitrogen and oxygen atoms in total. The van der Waals surface area contributed by atoms with Gasteiger partial charge in [0.05, 0.1) is 0 Å². The van der Waals surface area contributed by atoms with Gasteiger partial charge < -0.3 is 0 Å². The van der Waals surface area contributed by atoms with Crippen LogP contribution in [0.2, 0.25) is 0 Å². The van der Waals surface area contributed by atoms with Gasteiger partial charge in [0.2, 0.25) is 0 Å². The Hall–Kier alpha value is -0.770. The molecular weight excluding hydrogens is 289 g/mol. The maximum absolute atomic E-state index is 12.3. The predicted octanol–water partition coefficient (Wildman–Crippen LogP) is 2.80. The van der Waals surface area contributed by atoms with Crippen LogP contribution in [0.5, 0.6) is 0 Å². The number of halogens is 3. The molecule has 1 aromatic rings. The molecule has 0 atom stereocenters. The van der Waals surface area contributed by atoms with Gasteiger partial charge in [0.15, 0.2) is 0 Å². The first-order chi connectivity index (χ1) is 6.06. The third kappa shape index (κ3) is 2.12. The number of rotatable bonds is 1. The molecule has 0 N–H and O–H groups in total. The summed E-state index contributed by atoms with van der Waals surface area (Å²) >= 11 is 1.80. The van der Waals surface area contributed by atoms with Crippen molar-refractivity contribution in [3.63, 3.8) is 0 Å². The molecule has 0 fully saturated rings. The Kier molecular flexibility index (Phi) is 3.14. The summed E-state index contributed by atoms with van der Waals surface area (Å²) in [6.07, 6.45) is -2.63. The Morgan fingerprint density at radius 2 is 2.23 bits per heavy atom. The Balaban J connectivity index is 3.35. The zero-order valence-electron chi connectivity index (χ0n) is 6.68. The molecule has 68 valence electrons. The Labute approximate surface area is 87.7 Å². The van der Waals surface area contributed by atoms with E-state index in [0.29, 0.717) is 9.13 Å². The molecule has 0 spiro atoms. The molecule has 1 rings (SSSR count). The normalized spacial score (nSPS) is 10.2. The van der Waals surface area contributed by atoms with Gasteiger partial charge in [0.1, 0.15) is 17.5 Å². The van der Waals surface area contributed by atoms with Gasteiger partial charge >= 0.3 is 0 Å². The number of aryl methyl sites for hydroxylation is 1. The standard InChI is InChI=1S/C8H5F2IN2/c1-4-2-5(3-12)13-7(6(4)11)8(9)10/h2,8H,1H3. The lowest BCUT2D eigenvalue weighted by molar-refractivity contribution is 0.145. The number of aromatic nitrogens is 1. The highest BCUT2D eigenvalue weighted by molar-refractivity contribution is 14.1. The van der Waals surface area contributed by atoms with Gasteiger partial charge in [0.25, 0.3) is 6.43 Å². The number of hydrogen-bond donors (Lipinski definition) is 0. The maximum Gasteiger partial charge on any atom is 0.281 e. The lowest BCUT2D eigenvalue weighted by Crippen LogP contribution is -1.99. The van der Waals surface area contributed by atoms with Crippen LogP contribution in [-0.2, 0) is 0 Å². The van der Waals surface area contributed by atoms with Gasteiger partial charge in [-0.2, -0.15) is 5.26 Å². The van der Waals surface area contributed by atoms with E-state index in [9.17, 15) is 8.78 Å². The SMILES string of the molecule is Cc1cc(C#N)nc(C(F)F)c1I. The minimum absolute atomic E-state index is 0.0354. The van der Waals surface area contributed by atoms with Gasteiger partial charge in [-0.1, -0.05) is 0 Å². The van der Waals surface area contributed by atoms with Crippen molar-refractivity contribution in [1.29, 1.82) is 5.26 Å². The van der Waals surface area contributed by atoms with Crippen molar-refractivity contribution in [2.75, 3.05) is 0 Å². The lowest BCUT2D eigenvalue weighted by Gasteiger charge is -2.05. The summed E-state index contributed by atoms with van der Waals surface area (Å²) in [5.74, 6) is 0. The zero-order valence-corrected chi connectivity index (χ0v) is 8.84. The summed E-state index contributed by atoms with van der Waals surface area (Å²) in [5.41, 5.74) is 0.382. The summed E-state index contributed by atoms with van der Waals surface area (Å²) in [6, 6.07) is 3.24. The predicted molar refractivity (Wildman–Crippen MR) is 51.4 cm³/mol. The number of nitrogens with zero attached hydrogens (tertiary/aromatic N) is 2. The summed E-state index contributed by atoms with van der Waals surface area (Å²) < 4.78 is 25.1. The summed E-state index contributed by atoms with van der Waals surface area (Å²) in [7, 11) is 0. The van der Waals surface area contributed by atoms with Crippen LogP contribution < -0.4 is 0 Å². The summed E-state index contributed by atoms with van der Waals surface area (Å²) in [6.45, 7) is 1.68. The van der Waals surface area contributed by atoms with E-state index in [1.54, 1.807) is 35.6 Å². The van der Waals surface area contributed by atoms with E-state index in [2.05, 4.69) is 4.98 Å². The second-order valence-corrected chi connectivity index (χ2v) is 3.51. The average molecular weight is 294 g/mol. The van der Waals surface area contributed by atoms with Gasteiger partial charge in [-0.05, 0) is 41.1 Å². The number of nitriles is 1. The van der Waals surface area contributed by atoms with Crippen LogP contribution in [0.3, 0.4) is 0 Å². The fraction of sp³-hybridized carbons (Fsp3) is 0.250. The van der Waals surface area contributed by atoms with Crippen LogP contribution in [-0.4, -0.2) is 4.98 Å². The van der Waals surface area contributed by atoms with Crippen LogP contribution >= 0.6 is 22.6 Å². The van der Waals surface area contributed by atoms with Crippen LogP contribution in [0.15, 0.2) is 6.07 Å². The monoisotopic (exact) mass is 294 g/mol. The van der Waals surface area contributed by atoms with Gasteiger partial charge in [-0.15, -0.1) is 0 Å². The molecule has 5 heteroatoms. The van der Waals surface area contributed by atoms with Crippen molar-refractivity contribution in [1.82, 2.24) is 4.98 Å². The van der Waals surface area contributed by atoms with Gasteiger partial charge in [-0.3, -0.25) is 0 Å². The van der Waals surface area contributed by atoms with Crippen molar-refractivity contribution in [3.8, 4) is 6.07 Å². The number of alkyl halides is 2. The Bertz CT molecular complexity index is 371. The molecule has 0 aromatic carbocycles. The third-order valence-corrected chi connectivity index (χ3v) is 2.89. The molecule has 0 bridgehead atoms. The molecule has 0 saturated heterocycles. The Morgan fingerprint density at radius 1 is 1.62 bits per heavy atom. The molecule has 0 radical (unpaired) electrons. The molecule has 0 amide bonds. The molecule has 13 heavy (non-hydrogen) atoms.